The van der Waals surface area contributed by atoms with Gasteiger partial charge in [-0.05, 0) is 29.3 Å². The van der Waals surface area contributed by atoms with Gasteiger partial charge in [-0.25, -0.2) is 9.37 Å². The minimum absolute atomic E-state index is 0.244. The number of methoxy groups -OCH3 is 1. The van der Waals surface area contributed by atoms with Gasteiger partial charge in [-0.1, -0.05) is 24.3 Å². The highest BCUT2D eigenvalue weighted by Crippen LogP contribution is 2.31. The van der Waals surface area contributed by atoms with Crippen molar-refractivity contribution in [1.82, 2.24) is 9.97 Å². The largest absolute Gasteiger partial charge is 0.497 e. The standard InChI is InChI=1S/C17H15FN2O/c1-21-13-7-6-12(10-17-19-8-9-20-17)15(11-13)14-4-2-3-5-16(14)18/h2-9,11H,10H2,1H3,(H,19,20). The molecule has 0 aliphatic heterocycles. The van der Waals surface area contributed by atoms with Crippen LogP contribution in [0.3, 0.4) is 0 Å². The molecular formula is C17H15FN2O. The van der Waals surface area contributed by atoms with Crippen LogP contribution in [0.25, 0.3) is 11.1 Å². The van der Waals surface area contributed by atoms with Crippen molar-refractivity contribution in [3.63, 3.8) is 0 Å². The molecule has 106 valence electrons. The number of H-pyrrole nitrogens is 1. The van der Waals surface area contributed by atoms with Gasteiger partial charge in [-0.3, -0.25) is 0 Å². The van der Waals surface area contributed by atoms with Gasteiger partial charge in [0, 0.05) is 24.4 Å². The Morgan fingerprint density at radius 3 is 2.71 bits per heavy atom. The van der Waals surface area contributed by atoms with Crippen LogP contribution in [-0.2, 0) is 6.42 Å². The maximum atomic E-state index is 14.1. The monoisotopic (exact) mass is 282 g/mol. The predicted octanol–water partition coefficient (Wildman–Crippen LogP) is 3.82. The van der Waals surface area contributed by atoms with Crippen molar-refractivity contribution >= 4 is 0 Å². The summed E-state index contributed by atoms with van der Waals surface area (Å²) in [5, 5.41) is 0. The molecule has 3 aromatic rings. The molecule has 21 heavy (non-hydrogen) atoms. The Bertz CT molecular complexity index is 738. The zero-order valence-corrected chi connectivity index (χ0v) is 11.6. The van der Waals surface area contributed by atoms with Crippen molar-refractivity contribution in [3.05, 3.63) is 72.1 Å². The molecule has 1 aromatic heterocycles. The highest BCUT2D eigenvalue weighted by atomic mass is 19.1. The third-order valence-electron chi connectivity index (χ3n) is 3.39. The van der Waals surface area contributed by atoms with Crippen LogP contribution in [0.15, 0.2) is 54.9 Å². The van der Waals surface area contributed by atoms with Crippen molar-refractivity contribution in [3.8, 4) is 16.9 Å². The molecule has 0 amide bonds. The SMILES string of the molecule is COc1ccc(Cc2ncc[nH]2)c(-c2ccccc2F)c1. The lowest BCUT2D eigenvalue weighted by atomic mass is 9.96. The lowest BCUT2D eigenvalue weighted by Gasteiger charge is -2.12. The fraction of sp³-hybridized carbons (Fsp3) is 0.118. The van der Waals surface area contributed by atoms with E-state index < -0.39 is 0 Å². The number of rotatable bonds is 4. The second kappa shape index (κ2) is 5.79. The van der Waals surface area contributed by atoms with Crippen molar-refractivity contribution < 1.29 is 9.13 Å². The first kappa shape index (κ1) is 13.4. The van der Waals surface area contributed by atoms with Crippen LogP contribution >= 0.6 is 0 Å². The zero-order valence-electron chi connectivity index (χ0n) is 11.6. The summed E-state index contributed by atoms with van der Waals surface area (Å²) in [4.78, 5) is 7.30. The predicted molar refractivity (Wildman–Crippen MR) is 79.8 cm³/mol. The van der Waals surface area contributed by atoms with Gasteiger partial charge >= 0.3 is 0 Å². The summed E-state index contributed by atoms with van der Waals surface area (Å²) in [6.45, 7) is 0. The van der Waals surface area contributed by atoms with E-state index in [1.807, 2.05) is 24.3 Å². The van der Waals surface area contributed by atoms with E-state index >= 15 is 0 Å². The van der Waals surface area contributed by atoms with E-state index in [2.05, 4.69) is 9.97 Å². The third-order valence-corrected chi connectivity index (χ3v) is 3.39. The number of hydrogen-bond acceptors (Lipinski definition) is 2. The van der Waals surface area contributed by atoms with Crippen LogP contribution in [0.1, 0.15) is 11.4 Å². The summed E-state index contributed by atoms with van der Waals surface area (Å²) in [6.07, 6.45) is 4.10. The Morgan fingerprint density at radius 1 is 1.14 bits per heavy atom. The second-order valence-electron chi connectivity index (χ2n) is 4.72. The summed E-state index contributed by atoms with van der Waals surface area (Å²) < 4.78 is 19.4. The van der Waals surface area contributed by atoms with Gasteiger partial charge in [0.25, 0.3) is 0 Å². The van der Waals surface area contributed by atoms with Crippen LogP contribution in [-0.4, -0.2) is 17.1 Å². The van der Waals surface area contributed by atoms with Crippen molar-refractivity contribution in [2.75, 3.05) is 7.11 Å². The lowest BCUT2D eigenvalue weighted by molar-refractivity contribution is 0.415. The highest BCUT2D eigenvalue weighted by Gasteiger charge is 2.12. The molecule has 1 N–H and O–H groups in total. The molecule has 0 saturated heterocycles. The summed E-state index contributed by atoms with van der Waals surface area (Å²) in [7, 11) is 1.60. The molecule has 0 aliphatic rings. The Balaban J connectivity index is 2.09. The first-order valence-corrected chi connectivity index (χ1v) is 6.68. The number of benzene rings is 2. The van der Waals surface area contributed by atoms with E-state index in [4.69, 9.17) is 4.74 Å². The second-order valence-corrected chi connectivity index (χ2v) is 4.72. The number of aromatic amines is 1. The van der Waals surface area contributed by atoms with Crippen molar-refractivity contribution in [2.24, 2.45) is 0 Å². The van der Waals surface area contributed by atoms with Gasteiger partial charge in [0.2, 0.25) is 0 Å². The van der Waals surface area contributed by atoms with E-state index in [0.29, 0.717) is 17.7 Å². The molecule has 0 aliphatic carbocycles. The summed E-state index contributed by atoms with van der Waals surface area (Å²) in [6, 6.07) is 12.4. The molecule has 0 atom stereocenters. The van der Waals surface area contributed by atoms with Crippen molar-refractivity contribution in [2.45, 2.75) is 6.42 Å². The third kappa shape index (κ3) is 2.79. The maximum absolute atomic E-state index is 14.1. The summed E-state index contributed by atoms with van der Waals surface area (Å²) in [5.74, 6) is 1.31. The normalized spacial score (nSPS) is 10.6. The van der Waals surface area contributed by atoms with Crippen molar-refractivity contribution in [1.29, 1.82) is 0 Å². The van der Waals surface area contributed by atoms with E-state index in [1.54, 1.807) is 31.6 Å². The van der Waals surface area contributed by atoms with Gasteiger partial charge in [-0.2, -0.15) is 0 Å². The number of nitrogens with zero attached hydrogens (tertiary/aromatic N) is 1. The molecule has 0 fully saturated rings. The Labute approximate surface area is 122 Å². The van der Waals surface area contributed by atoms with Gasteiger partial charge in [0.1, 0.15) is 17.4 Å². The average molecular weight is 282 g/mol. The van der Waals surface area contributed by atoms with Gasteiger partial charge in [-0.15, -0.1) is 0 Å². The summed E-state index contributed by atoms with van der Waals surface area (Å²) >= 11 is 0. The van der Waals surface area contributed by atoms with E-state index in [0.717, 1.165) is 17.0 Å². The highest BCUT2D eigenvalue weighted by molar-refractivity contribution is 5.70. The molecule has 0 unspecified atom stereocenters. The topological polar surface area (TPSA) is 37.9 Å². The Morgan fingerprint density at radius 2 is 2.00 bits per heavy atom. The minimum atomic E-state index is -0.244. The molecule has 1 heterocycles. The van der Waals surface area contributed by atoms with Gasteiger partial charge < -0.3 is 9.72 Å². The van der Waals surface area contributed by atoms with Crippen LogP contribution in [0.4, 0.5) is 4.39 Å². The fourth-order valence-electron chi connectivity index (χ4n) is 2.34. The van der Waals surface area contributed by atoms with Crippen LogP contribution in [0.5, 0.6) is 5.75 Å². The van der Waals surface area contributed by atoms with E-state index in [1.165, 1.54) is 6.07 Å². The first-order valence-electron chi connectivity index (χ1n) is 6.68. The number of aromatic nitrogens is 2. The van der Waals surface area contributed by atoms with Gasteiger partial charge in [0.05, 0.1) is 7.11 Å². The number of ether oxygens (including phenoxy) is 1. The molecule has 0 radical (unpaired) electrons. The smallest absolute Gasteiger partial charge is 0.131 e. The van der Waals surface area contributed by atoms with E-state index in [-0.39, 0.29) is 5.82 Å². The Kier molecular flexibility index (Phi) is 3.69. The maximum Gasteiger partial charge on any atom is 0.131 e. The molecule has 0 bridgehead atoms. The molecule has 4 heteroatoms. The zero-order chi connectivity index (χ0) is 14.7. The number of imidazole rings is 1. The Hall–Kier alpha value is -2.62. The van der Waals surface area contributed by atoms with Crippen LogP contribution in [0.2, 0.25) is 0 Å². The van der Waals surface area contributed by atoms with Gasteiger partial charge in [0.15, 0.2) is 0 Å². The quantitative estimate of drug-likeness (QED) is 0.790. The van der Waals surface area contributed by atoms with Crippen LogP contribution < -0.4 is 4.74 Å². The van der Waals surface area contributed by atoms with E-state index in [9.17, 15) is 4.39 Å². The molecule has 3 nitrogen and oxygen atoms in total. The summed E-state index contributed by atoms with van der Waals surface area (Å²) in [5.41, 5.74) is 2.39. The lowest BCUT2D eigenvalue weighted by Crippen LogP contribution is -1.97. The number of halogens is 1. The fourth-order valence-corrected chi connectivity index (χ4v) is 2.34. The molecule has 3 rings (SSSR count). The average Bonchev–Trinajstić information content (AvgIpc) is 3.01. The van der Waals surface area contributed by atoms with Crippen LogP contribution in [0, 0.1) is 5.82 Å². The molecular weight excluding hydrogens is 267 g/mol. The first-order chi connectivity index (χ1) is 10.3. The molecule has 2 aromatic carbocycles. The number of hydrogen-bond donors (Lipinski definition) is 1. The minimum Gasteiger partial charge on any atom is -0.497 e. The number of nitrogens with one attached hydrogen (secondary N) is 1. The molecule has 0 saturated carbocycles. The molecule has 0 spiro atoms.